The summed E-state index contributed by atoms with van der Waals surface area (Å²) in [5, 5.41) is 0. The summed E-state index contributed by atoms with van der Waals surface area (Å²) in [6.07, 6.45) is 2.27. The largest absolute Gasteiger partial charge is 0.375 e. The lowest BCUT2D eigenvalue weighted by Gasteiger charge is -2.41. The summed E-state index contributed by atoms with van der Waals surface area (Å²) in [6, 6.07) is 0.655. The van der Waals surface area contributed by atoms with Crippen LogP contribution in [-0.4, -0.2) is 86.7 Å². The number of piperazine rings is 1. The number of hydrogen-bond donors (Lipinski definition) is 0. The molecule has 0 spiro atoms. The molecule has 2 heterocycles. The van der Waals surface area contributed by atoms with E-state index in [1.54, 1.807) is 7.11 Å². The molecule has 0 unspecified atom stereocenters. The first kappa shape index (κ1) is 15.7. The third kappa shape index (κ3) is 4.17. The molecule has 0 saturated carbocycles. The predicted octanol–water partition coefficient (Wildman–Crippen LogP) is 0.507. The van der Waals surface area contributed by atoms with Crippen molar-refractivity contribution in [1.82, 2.24) is 14.7 Å². The molecule has 0 aromatic heterocycles. The van der Waals surface area contributed by atoms with E-state index >= 15 is 0 Å². The Morgan fingerprint density at radius 2 is 1.90 bits per heavy atom. The topological polar surface area (TPSA) is 36.0 Å². The number of amides is 1. The number of carbonyl (C=O) groups is 1. The Hall–Kier alpha value is -0.650. The van der Waals surface area contributed by atoms with Gasteiger partial charge in [0.1, 0.15) is 6.61 Å². The van der Waals surface area contributed by atoms with Crippen molar-refractivity contribution in [2.24, 2.45) is 5.92 Å². The summed E-state index contributed by atoms with van der Waals surface area (Å²) >= 11 is 0. The van der Waals surface area contributed by atoms with Gasteiger partial charge in [-0.1, -0.05) is 0 Å². The van der Waals surface area contributed by atoms with E-state index in [1.807, 2.05) is 4.90 Å². The van der Waals surface area contributed by atoms with Gasteiger partial charge in [0.25, 0.3) is 0 Å². The second-order valence-corrected chi connectivity index (χ2v) is 6.36. The van der Waals surface area contributed by atoms with Gasteiger partial charge in [-0.15, -0.1) is 0 Å². The number of likely N-dealkylation sites (tertiary alicyclic amines) is 1. The number of carbonyl (C=O) groups excluding carboxylic acids is 1. The highest BCUT2D eigenvalue weighted by molar-refractivity contribution is 5.77. The summed E-state index contributed by atoms with van der Waals surface area (Å²) in [5.41, 5.74) is 0. The average molecular weight is 283 g/mol. The van der Waals surface area contributed by atoms with Crippen LogP contribution in [0.15, 0.2) is 0 Å². The fourth-order valence-corrected chi connectivity index (χ4v) is 3.36. The SMILES string of the molecule is COCC(=O)N1CCC(CN2CCN(C)C[C@@H]2C)CC1. The van der Waals surface area contributed by atoms with Crippen LogP contribution in [0.25, 0.3) is 0 Å². The second kappa shape index (κ2) is 7.38. The van der Waals surface area contributed by atoms with Gasteiger partial charge < -0.3 is 14.5 Å². The van der Waals surface area contributed by atoms with Crippen LogP contribution in [0, 0.1) is 5.92 Å². The molecule has 0 bridgehead atoms. The molecule has 0 aliphatic carbocycles. The third-order valence-corrected chi connectivity index (χ3v) is 4.70. The van der Waals surface area contributed by atoms with E-state index in [-0.39, 0.29) is 12.5 Å². The van der Waals surface area contributed by atoms with E-state index < -0.39 is 0 Å². The maximum absolute atomic E-state index is 11.8. The van der Waals surface area contributed by atoms with E-state index in [1.165, 1.54) is 26.2 Å². The molecule has 2 saturated heterocycles. The van der Waals surface area contributed by atoms with Gasteiger partial charge in [-0.2, -0.15) is 0 Å². The minimum atomic E-state index is 0.138. The number of piperidine rings is 1. The van der Waals surface area contributed by atoms with Crippen molar-refractivity contribution < 1.29 is 9.53 Å². The van der Waals surface area contributed by atoms with Crippen LogP contribution in [0.5, 0.6) is 0 Å². The maximum atomic E-state index is 11.8. The maximum Gasteiger partial charge on any atom is 0.248 e. The Balaban J connectivity index is 1.73. The monoisotopic (exact) mass is 283 g/mol. The van der Waals surface area contributed by atoms with Crippen molar-refractivity contribution in [3.63, 3.8) is 0 Å². The minimum Gasteiger partial charge on any atom is -0.375 e. The van der Waals surface area contributed by atoms with Crippen LogP contribution >= 0.6 is 0 Å². The summed E-state index contributed by atoms with van der Waals surface area (Å²) in [6.45, 7) is 9.07. The molecule has 2 rings (SSSR count). The molecule has 2 aliphatic heterocycles. The van der Waals surface area contributed by atoms with Gasteiger partial charge in [0.15, 0.2) is 0 Å². The number of nitrogens with zero attached hydrogens (tertiary/aromatic N) is 3. The van der Waals surface area contributed by atoms with Crippen LogP contribution in [0.4, 0.5) is 0 Å². The molecule has 2 fully saturated rings. The van der Waals surface area contributed by atoms with Crippen molar-refractivity contribution in [2.75, 3.05) is 60.0 Å². The molecule has 1 amide bonds. The number of likely N-dealkylation sites (N-methyl/N-ethyl adjacent to an activating group) is 1. The van der Waals surface area contributed by atoms with E-state index in [9.17, 15) is 4.79 Å². The van der Waals surface area contributed by atoms with Crippen molar-refractivity contribution >= 4 is 5.91 Å². The fourth-order valence-electron chi connectivity index (χ4n) is 3.36. The summed E-state index contributed by atoms with van der Waals surface area (Å²) in [7, 11) is 3.78. The zero-order valence-corrected chi connectivity index (χ0v) is 13.2. The highest BCUT2D eigenvalue weighted by Crippen LogP contribution is 2.20. The molecule has 0 radical (unpaired) electrons. The molecule has 1 atom stereocenters. The minimum absolute atomic E-state index is 0.138. The van der Waals surface area contributed by atoms with Gasteiger partial charge in [-0.3, -0.25) is 9.69 Å². The lowest BCUT2D eigenvalue weighted by molar-refractivity contribution is -0.136. The lowest BCUT2D eigenvalue weighted by atomic mass is 9.95. The highest BCUT2D eigenvalue weighted by atomic mass is 16.5. The van der Waals surface area contributed by atoms with E-state index in [0.29, 0.717) is 6.04 Å². The van der Waals surface area contributed by atoms with E-state index in [2.05, 4.69) is 23.8 Å². The normalized spacial score (nSPS) is 26.9. The predicted molar refractivity (Wildman–Crippen MR) is 79.7 cm³/mol. The third-order valence-electron chi connectivity index (χ3n) is 4.70. The zero-order chi connectivity index (χ0) is 14.5. The molecule has 0 aromatic rings. The summed E-state index contributed by atoms with van der Waals surface area (Å²) < 4.78 is 4.93. The fraction of sp³-hybridized carbons (Fsp3) is 0.933. The molecule has 116 valence electrons. The van der Waals surface area contributed by atoms with Crippen LogP contribution in [0.3, 0.4) is 0 Å². The Morgan fingerprint density at radius 3 is 2.50 bits per heavy atom. The van der Waals surface area contributed by atoms with Gasteiger partial charge in [0, 0.05) is 52.4 Å². The number of methoxy groups -OCH3 is 1. The van der Waals surface area contributed by atoms with Gasteiger partial charge in [0.05, 0.1) is 0 Å². The number of rotatable bonds is 4. The van der Waals surface area contributed by atoms with Crippen molar-refractivity contribution in [2.45, 2.75) is 25.8 Å². The lowest BCUT2D eigenvalue weighted by Crippen LogP contribution is -2.52. The van der Waals surface area contributed by atoms with Gasteiger partial charge >= 0.3 is 0 Å². The molecule has 0 aromatic carbocycles. The zero-order valence-electron chi connectivity index (χ0n) is 13.2. The molecular weight excluding hydrogens is 254 g/mol. The Morgan fingerprint density at radius 1 is 1.20 bits per heavy atom. The standard InChI is InChI=1S/C15H29N3O2/c1-13-10-16(2)8-9-18(13)11-14-4-6-17(7-5-14)15(19)12-20-3/h13-14H,4-12H2,1-3H3/t13-/m0/s1. The van der Waals surface area contributed by atoms with Gasteiger partial charge in [-0.25, -0.2) is 0 Å². The van der Waals surface area contributed by atoms with Crippen LogP contribution < -0.4 is 0 Å². The average Bonchev–Trinajstić information content (AvgIpc) is 2.43. The highest BCUT2D eigenvalue weighted by Gasteiger charge is 2.27. The van der Waals surface area contributed by atoms with E-state index in [0.717, 1.165) is 31.8 Å². The second-order valence-electron chi connectivity index (χ2n) is 6.36. The molecule has 5 nitrogen and oxygen atoms in total. The summed E-state index contributed by atoms with van der Waals surface area (Å²) in [5.74, 6) is 0.881. The molecule has 0 N–H and O–H groups in total. The molecule has 5 heteroatoms. The van der Waals surface area contributed by atoms with Crippen molar-refractivity contribution in [1.29, 1.82) is 0 Å². The molecule has 20 heavy (non-hydrogen) atoms. The van der Waals surface area contributed by atoms with Gasteiger partial charge in [-0.05, 0) is 32.7 Å². The number of hydrogen-bond acceptors (Lipinski definition) is 4. The first-order valence-corrected chi connectivity index (χ1v) is 7.79. The van der Waals surface area contributed by atoms with E-state index in [4.69, 9.17) is 4.74 Å². The van der Waals surface area contributed by atoms with Crippen LogP contribution in [-0.2, 0) is 9.53 Å². The van der Waals surface area contributed by atoms with Crippen molar-refractivity contribution in [3.8, 4) is 0 Å². The Kier molecular flexibility index (Phi) is 5.81. The Labute approximate surface area is 122 Å². The first-order chi connectivity index (χ1) is 9.60. The van der Waals surface area contributed by atoms with Crippen LogP contribution in [0.2, 0.25) is 0 Å². The smallest absolute Gasteiger partial charge is 0.248 e. The quantitative estimate of drug-likeness (QED) is 0.753. The molecule has 2 aliphatic rings. The molecular formula is C15H29N3O2. The number of ether oxygens (including phenoxy) is 1. The van der Waals surface area contributed by atoms with Crippen LogP contribution in [0.1, 0.15) is 19.8 Å². The van der Waals surface area contributed by atoms with Crippen molar-refractivity contribution in [3.05, 3.63) is 0 Å². The Bertz CT molecular complexity index is 316. The van der Waals surface area contributed by atoms with Gasteiger partial charge in [0.2, 0.25) is 5.91 Å². The summed E-state index contributed by atoms with van der Waals surface area (Å²) in [4.78, 5) is 18.8. The first-order valence-electron chi connectivity index (χ1n) is 7.79.